The van der Waals surface area contributed by atoms with Gasteiger partial charge in [-0.05, 0) is 72.9 Å². The van der Waals surface area contributed by atoms with Crippen molar-refractivity contribution in [3.63, 3.8) is 0 Å². The molecule has 2 saturated heterocycles. The number of benzene rings is 2. The van der Waals surface area contributed by atoms with E-state index >= 15 is 0 Å². The van der Waals surface area contributed by atoms with Crippen molar-refractivity contribution in [3.05, 3.63) is 103 Å². The van der Waals surface area contributed by atoms with Gasteiger partial charge in [-0.15, -0.1) is 0 Å². The number of aromatic nitrogens is 2. The minimum atomic E-state index is -0.119. The van der Waals surface area contributed by atoms with E-state index in [1.165, 1.54) is 5.69 Å². The van der Waals surface area contributed by atoms with Crippen molar-refractivity contribution in [3.8, 4) is 11.4 Å². The largest absolute Gasteiger partial charge is 0.497 e. The maximum atomic E-state index is 5.94. The van der Waals surface area contributed by atoms with Gasteiger partial charge in [0.15, 0.2) is 5.11 Å². The summed E-state index contributed by atoms with van der Waals surface area (Å²) in [6, 6.07) is 26.8. The van der Waals surface area contributed by atoms with E-state index in [1.807, 2.05) is 36.5 Å². The lowest BCUT2D eigenvalue weighted by molar-refractivity contribution is 0.122. The highest BCUT2D eigenvalue weighted by Gasteiger charge is 2.42. The molecule has 2 aromatic heterocycles. The summed E-state index contributed by atoms with van der Waals surface area (Å²) in [6.07, 6.45) is 3.92. The van der Waals surface area contributed by atoms with Crippen LogP contribution in [0.2, 0.25) is 0 Å². The summed E-state index contributed by atoms with van der Waals surface area (Å²) in [4.78, 5) is 9.26. The van der Waals surface area contributed by atoms with Gasteiger partial charge in [0.1, 0.15) is 11.8 Å². The van der Waals surface area contributed by atoms with Crippen molar-refractivity contribution >= 4 is 28.7 Å². The first-order chi connectivity index (χ1) is 18.2. The fourth-order valence-electron chi connectivity index (χ4n) is 5.21. The van der Waals surface area contributed by atoms with E-state index in [1.54, 1.807) is 7.11 Å². The van der Waals surface area contributed by atoms with Gasteiger partial charge in [-0.2, -0.15) is 0 Å². The highest BCUT2D eigenvalue weighted by molar-refractivity contribution is 7.80. The van der Waals surface area contributed by atoms with Crippen molar-refractivity contribution < 1.29 is 9.47 Å². The molecule has 2 aromatic carbocycles. The number of nitrogens with one attached hydrogen (secondary N) is 1. The Morgan fingerprint density at radius 3 is 2.49 bits per heavy atom. The molecule has 0 radical (unpaired) electrons. The summed E-state index contributed by atoms with van der Waals surface area (Å²) in [5.41, 5.74) is 5.31. The van der Waals surface area contributed by atoms with Gasteiger partial charge in [0.2, 0.25) is 0 Å². The van der Waals surface area contributed by atoms with Crippen molar-refractivity contribution in [1.29, 1.82) is 0 Å². The Bertz CT molecular complexity index is 1370. The molecule has 0 bridgehead atoms. The quantitative estimate of drug-likeness (QED) is 0.370. The van der Waals surface area contributed by atoms with Crippen LogP contribution in [-0.2, 0) is 4.74 Å². The normalized spacial score (nSPS) is 19.6. The fraction of sp³-hybridized carbons (Fsp3) is 0.241. The zero-order chi connectivity index (χ0) is 25.2. The van der Waals surface area contributed by atoms with Crippen LogP contribution in [0.3, 0.4) is 0 Å². The number of anilines is 2. The van der Waals surface area contributed by atoms with Crippen molar-refractivity contribution in [2.75, 3.05) is 43.2 Å². The fourth-order valence-corrected chi connectivity index (χ4v) is 5.56. The highest BCUT2D eigenvalue weighted by Crippen LogP contribution is 2.42. The maximum Gasteiger partial charge on any atom is 0.174 e. The molecular formula is C29H29N5O2S. The van der Waals surface area contributed by atoms with Crippen LogP contribution in [-0.4, -0.2) is 48.1 Å². The Labute approximate surface area is 222 Å². The lowest BCUT2D eigenvalue weighted by atomic mass is 10.0. The Morgan fingerprint density at radius 2 is 1.73 bits per heavy atom. The minimum Gasteiger partial charge on any atom is -0.497 e. The van der Waals surface area contributed by atoms with Gasteiger partial charge < -0.3 is 29.2 Å². The molecule has 4 heterocycles. The van der Waals surface area contributed by atoms with E-state index in [2.05, 4.69) is 74.4 Å². The van der Waals surface area contributed by atoms with Crippen LogP contribution in [0.5, 0.6) is 5.75 Å². The summed E-state index contributed by atoms with van der Waals surface area (Å²) in [7, 11) is 1.69. The lowest BCUT2D eigenvalue weighted by Crippen LogP contribution is -2.36. The Morgan fingerprint density at radius 1 is 0.919 bits per heavy atom. The van der Waals surface area contributed by atoms with Crippen molar-refractivity contribution in [1.82, 2.24) is 14.9 Å². The van der Waals surface area contributed by atoms with E-state index in [9.17, 15) is 0 Å². The maximum absolute atomic E-state index is 5.94. The molecular weight excluding hydrogens is 482 g/mol. The lowest BCUT2D eigenvalue weighted by Gasteiger charge is -2.31. The minimum absolute atomic E-state index is 0.113. The Kier molecular flexibility index (Phi) is 6.51. The molecule has 2 aliphatic heterocycles. The van der Waals surface area contributed by atoms with E-state index < -0.39 is 0 Å². The predicted molar refractivity (Wildman–Crippen MR) is 150 cm³/mol. The van der Waals surface area contributed by atoms with Gasteiger partial charge in [0.05, 0.1) is 32.1 Å². The zero-order valence-corrected chi connectivity index (χ0v) is 21.5. The number of hydrogen-bond donors (Lipinski definition) is 1. The first-order valence-corrected chi connectivity index (χ1v) is 12.9. The molecule has 188 valence electrons. The average molecular weight is 512 g/mol. The second-order valence-electron chi connectivity index (χ2n) is 9.12. The van der Waals surface area contributed by atoms with Crippen LogP contribution in [0.4, 0.5) is 11.4 Å². The SMILES string of the molecule is COc1cccc(-n2cccc2[C@@H]2[C@H](c3ccccn3)NC(=S)N2c2ccc(N3CCOCC3)cc2)c1. The zero-order valence-electron chi connectivity index (χ0n) is 20.7. The van der Waals surface area contributed by atoms with Gasteiger partial charge in [0, 0.05) is 54.3 Å². The molecule has 8 heteroatoms. The summed E-state index contributed by atoms with van der Waals surface area (Å²) < 4.78 is 13.2. The molecule has 0 spiro atoms. The molecule has 0 saturated carbocycles. The predicted octanol–water partition coefficient (Wildman–Crippen LogP) is 4.89. The first-order valence-electron chi connectivity index (χ1n) is 12.5. The molecule has 7 nitrogen and oxygen atoms in total. The third kappa shape index (κ3) is 4.54. The van der Waals surface area contributed by atoms with E-state index in [0.717, 1.165) is 54.8 Å². The number of methoxy groups -OCH3 is 1. The molecule has 0 unspecified atom stereocenters. The number of morpholine rings is 1. The third-order valence-corrected chi connectivity index (χ3v) is 7.33. The van der Waals surface area contributed by atoms with Crippen LogP contribution in [0.15, 0.2) is 91.3 Å². The monoisotopic (exact) mass is 511 g/mol. The van der Waals surface area contributed by atoms with Gasteiger partial charge >= 0.3 is 0 Å². The van der Waals surface area contributed by atoms with Gasteiger partial charge in [-0.25, -0.2) is 0 Å². The molecule has 1 N–H and O–H groups in total. The number of thiocarbonyl (C=S) groups is 1. The molecule has 2 fully saturated rings. The Balaban J connectivity index is 1.42. The van der Waals surface area contributed by atoms with E-state index in [0.29, 0.717) is 5.11 Å². The van der Waals surface area contributed by atoms with Crippen LogP contribution in [0.25, 0.3) is 5.69 Å². The molecule has 2 atom stereocenters. The van der Waals surface area contributed by atoms with E-state index in [-0.39, 0.29) is 12.1 Å². The number of hydrogen-bond acceptors (Lipinski definition) is 5. The van der Waals surface area contributed by atoms with Crippen molar-refractivity contribution in [2.45, 2.75) is 12.1 Å². The first kappa shape index (κ1) is 23.5. The molecule has 2 aliphatic rings. The van der Waals surface area contributed by atoms with Crippen molar-refractivity contribution in [2.24, 2.45) is 0 Å². The molecule has 4 aromatic rings. The van der Waals surface area contributed by atoms with E-state index in [4.69, 9.17) is 26.7 Å². The molecule has 0 aliphatic carbocycles. The number of ether oxygens (including phenoxy) is 2. The molecule has 6 rings (SSSR count). The third-order valence-electron chi connectivity index (χ3n) is 7.02. The van der Waals surface area contributed by atoms with Gasteiger partial charge in [0.25, 0.3) is 0 Å². The van der Waals surface area contributed by atoms with Crippen LogP contribution >= 0.6 is 12.2 Å². The second-order valence-corrected chi connectivity index (χ2v) is 9.50. The van der Waals surface area contributed by atoms with Gasteiger partial charge in [-0.1, -0.05) is 12.1 Å². The van der Waals surface area contributed by atoms with Crippen LogP contribution < -0.4 is 19.9 Å². The standard InChI is InChI=1S/C29H29N5O2S/c1-35-24-7-4-6-23(20-24)33-15-5-9-26(33)28-27(25-8-2-3-14-30-25)31-29(37)34(28)22-12-10-21(11-13-22)32-16-18-36-19-17-32/h2-15,20,27-28H,16-19H2,1H3,(H,31,37)/t27-,28+/m0/s1. The van der Waals surface area contributed by atoms with Gasteiger partial charge in [-0.3, -0.25) is 4.98 Å². The average Bonchev–Trinajstić information content (AvgIpc) is 3.58. The number of nitrogens with zero attached hydrogens (tertiary/aromatic N) is 4. The summed E-state index contributed by atoms with van der Waals surface area (Å²) in [5.74, 6) is 0.814. The smallest absolute Gasteiger partial charge is 0.174 e. The summed E-state index contributed by atoms with van der Waals surface area (Å²) in [6.45, 7) is 3.33. The second kappa shape index (κ2) is 10.2. The summed E-state index contributed by atoms with van der Waals surface area (Å²) >= 11 is 5.94. The molecule has 0 amide bonds. The van der Waals surface area contributed by atoms with Crippen LogP contribution in [0, 0.1) is 0 Å². The van der Waals surface area contributed by atoms with Crippen LogP contribution in [0.1, 0.15) is 23.5 Å². The summed E-state index contributed by atoms with van der Waals surface area (Å²) in [5, 5.41) is 4.25. The highest BCUT2D eigenvalue weighted by atomic mass is 32.1. The number of pyridine rings is 1. The molecule has 37 heavy (non-hydrogen) atoms. The number of rotatable bonds is 6. The topological polar surface area (TPSA) is 54.8 Å². The Hall–Kier alpha value is -3.88.